The zero-order valence-electron chi connectivity index (χ0n) is 10.3. The van der Waals surface area contributed by atoms with Crippen LogP contribution >= 0.6 is 11.6 Å². The predicted molar refractivity (Wildman–Crippen MR) is 69.2 cm³/mol. The van der Waals surface area contributed by atoms with Crippen molar-refractivity contribution in [2.24, 2.45) is 5.73 Å². The van der Waals surface area contributed by atoms with Gasteiger partial charge >= 0.3 is 0 Å². The van der Waals surface area contributed by atoms with Crippen LogP contribution in [0.4, 0.5) is 4.39 Å². The molecule has 1 aromatic rings. The van der Waals surface area contributed by atoms with Crippen molar-refractivity contribution in [3.05, 3.63) is 29.0 Å². The maximum absolute atomic E-state index is 13.2. The Bertz CT molecular complexity index is 412. The van der Waals surface area contributed by atoms with Gasteiger partial charge in [-0.3, -0.25) is 4.79 Å². The quantitative estimate of drug-likeness (QED) is 0.775. The third-order valence-corrected chi connectivity index (χ3v) is 2.86. The Morgan fingerprint density at radius 1 is 1.50 bits per heavy atom. The Hall–Kier alpha value is -1.29. The van der Waals surface area contributed by atoms with Crippen molar-refractivity contribution in [1.82, 2.24) is 0 Å². The van der Waals surface area contributed by atoms with Crippen LogP contribution in [-0.2, 0) is 4.79 Å². The second kappa shape index (κ2) is 7.21. The number of benzene rings is 1. The molecule has 0 aliphatic rings. The van der Waals surface area contributed by atoms with Crippen molar-refractivity contribution < 1.29 is 13.9 Å². The summed E-state index contributed by atoms with van der Waals surface area (Å²) in [6, 6.07) is 4.05. The summed E-state index contributed by atoms with van der Waals surface area (Å²) in [5, 5.41) is 0.0176. The summed E-state index contributed by atoms with van der Waals surface area (Å²) in [6.07, 6.45) is 2.70. The van der Waals surface area contributed by atoms with E-state index in [1.54, 1.807) is 0 Å². The lowest BCUT2D eigenvalue weighted by Crippen LogP contribution is -2.33. The van der Waals surface area contributed by atoms with Crippen LogP contribution in [0.1, 0.15) is 32.6 Å². The zero-order chi connectivity index (χ0) is 13.5. The normalized spacial score (nSPS) is 12.2. The highest BCUT2D eigenvalue weighted by Gasteiger charge is 2.17. The van der Waals surface area contributed by atoms with Crippen LogP contribution in [0.5, 0.6) is 5.75 Å². The van der Waals surface area contributed by atoms with E-state index in [1.165, 1.54) is 12.1 Å². The first kappa shape index (κ1) is 14.8. The minimum absolute atomic E-state index is 0.0176. The second-order valence-corrected chi connectivity index (χ2v) is 4.49. The number of hydrogen-bond donors (Lipinski definition) is 1. The average molecular weight is 274 g/mol. The summed E-state index contributed by atoms with van der Waals surface area (Å²) in [7, 11) is 0. The molecule has 5 heteroatoms. The molecule has 0 aromatic heterocycles. The maximum Gasteiger partial charge on any atom is 0.258 e. The molecule has 1 rings (SSSR count). The van der Waals surface area contributed by atoms with Gasteiger partial charge in [0.2, 0.25) is 0 Å². The largest absolute Gasteiger partial charge is 0.481 e. The molecule has 1 atom stereocenters. The number of ether oxygens (including phenoxy) is 1. The van der Waals surface area contributed by atoms with Crippen molar-refractivity contribution in [2.75, 3.05) is 0 Å². The molecular weight excluding hydrogens is 257 g/mol. The first-order chi connectivity index (χ1) is 8.54. The third kappa shape index (κ3) is 4.53. The molecule has 0 saturated heterocycles. The van der Waals surface area contributed by atoms with Crippen LogP contribution in [0.2, 0.25) is 5.02 Å². The van der Waals surface area contributed by atoms with E-state index in [4.69, 9.17) is 22.1 Å². The van der Waals surface area contributed by atoms with Gasteiger partial charge in [0.25, 0.3) is 5.91 Å². The number of hydrogen-bond acceptors (Lipinski definition) is 2. The molecule has 1 amide bonds. The van der Waals surface area contributed by atoms with Gasteiger partial charge in [-0.05, 0) is 25.0 Å². The van der Waals surface area contributed by atoms with Crippen molar-refractivity contribution >= 4 is 17.5 Å². The lowest BCUT2D eigenvalue weighted by Gasteiger charge is -2.16. The highest BCUT2D eigenvalue weighted by atomic mass is 35.5. The second-order valence-electron chi connectivity index (χ2n) is 4.08. The van der Waals surface area contributed by atoms with Crippen LogP contribution in [0.15, 0.2) is 18.2 Å². The van der Waals surface area contributed by atoms with E-state index in [-0.39, 0.29) is 10.8 Å². The lowest BCUT2D eigenvalue weighted by atomic mass is 10.1. The minimum Gasteiger partial charge on any atom is -0.481 e. The van der Waals surface area contributed by atoms with Crippen LogP contribution < -0.4 is 10.5 Å². The molecule has 1 unspecified atom stereocenters. The summed E-state index contributed by atoms with van der Waals surface area (Å²) in [4.78, 5) is 11.2. The summed E-state index contributed by atoms with van der Waals surface area (Å²) in [5.74, 6) is -0.857. The van der Waals surface area contributed by atoms with Crippen LogP contribution in [0.25, 0.3) is 0 Å². The Morgan fingerprint density at radius 2 is 2.22 bits per heavy atom. The molecule has 2 N–H and O–H groups in total. The number of halogens is 2. The molecule has 0 aliphatic carbocycles. The summed E-state index contributed by atoms with van der Waals surface area (Å²) in [6.45, 7) is 2.06. The van der Waals surface area contributed by atoms with E-state index < -0.39 is 17.8 Å². The Labute approximate surface area is 111 Å². The fraction of sp³-hybridized carbons (Fsp3) is 0.462. The molecule has 1 aromatic carbocycles. The number of unbranched alkanes of at least 4 members (excludes halogenated alkanes) is 2. The molecule has 0 saturated carbocycles. The van der Waals surface area contributed by atoms with Gasteiger partial charge in [0, 0.05) is 6.07 Å². The lowest BCUT2D eigenvalue weighted by molar-refractivity contribution is -0.125. The molecule has 0 radical (unpaired) electrons. The third-order valence-electron chi connectivity index (χ3n) is 2.56. The zero-order valence-corrected chi connectivity index (χ0v) is 11.0. The van der Waals surface area contributed by atoms with Gasteiger partial charge in [0.05, 0.1) is 5.02 Å². The molecule has 18 heavy (non-hydrogen) atoms. The van der Waals surface area contributed by atoms with E-state index in [1.807, 2.05) is 0 Å². The Balaban J connectivity index is 2.64. The topological polar surface area (TPSA) is 52.3 Å². The number of carbonyl (C=O) groups is 1. The van der Waals surface area contributed by atoms with E-state index >= 15 is 0 Å². The fourth-order valence-electron chi connectivity index (χ4n) is 1.55. The number of carbonyl (C=O) groups excluding carboxylic acids is 1. The van der Waals surface area contributed by atoms with Crippen LogP contribution in [-0.4, -0.2) is 12.0 Å². The monoisotopic (exact) mass is 273 g/mol. The Morgan fingerprint density at radius 3 is 2.78 bits per heavy atom. The molecule has 0 heterocycles. The van der Waals surface area contributed by atoms with Crippen molar-refractivity contribution in [3.63, 3.8) is 0 Å². The molecule has 3 nitrogen and oxygen atoms in total. The standard InChI is InChI=1S/C13H17ClFNO2/c1-2-3-4-5-12(13(16)17)18-9-6-7-10(14)11(15)8-9/h6-8,12H,2-5H2,1H3,(H2,16,17). The fourth-order valence-corrected chi connectivity index (χ4v) is 1.67. The highest BCUT2D eigenvalue weighted by molar-refractivity contribution is 6.30. The molecule has 0 aliphatic heterocycles. The molecule has 100 valence electrons. The van der Waals surface area contributed by atoms with Gasteiger partial charge in [0.1, 0.15) is 11.6 Å². The van der Waals surface area contributed by atoms with Gasteiger partial charge in [-0.1, -0.05) is 31.4 Å². The summed E-state index contributed by atoms with van der Waals surface area (Å²) >= 11 is 5.56. The van der Waals surface area contributed by atoms with E-state index in [0.717, 1.165) is 25.3 Å². The first-order valence-electron chi connectivity index (χ1n) is 5.95. The van der Waals surface area contributed by atoms with Gasteiger partial charge in [-0.2, -0.15) is 0 Å². The van der Waals surface area contributed by atoms with E-state index in [9.17, 15) is 9.18 Å². The SMILES string of the molecule is CCCCCC(Oc1ccc(Cl)c(F)c1)C(N)=O. The summed E-state index contributed by atoms with van der Waals surface area (Å²) < 4.78 is 18.6. The summed E-state index contributed by atoms with van der Waals surface area (Å²) in [5.41, 5.74) is 5.25. The van der Waals surface area contributed by atoms with Gasteiger partial charge in [-0.25, -0.2) is 4.39 Å². The molecular formula is C13H17ClFNO2. The predicted octanol–water partition coefficient (Wildman–Crippen LogP) is 3.29. The smallest absolute Gasteiger partial charge is 0.258 e. The average Bonchev–Trinajstić information content (AvgIpc) is 2.32. The Kier molecular flexibility index (Phi) is 5.92. The number of amides is 1. The number of nitrogens with two attached hydrogens (primary N) is 1. The minimum atomic E-state index is -0.725. The first-order valence-corrected chi connectivity index (χ1v) is 6.33. The van der Waals surface area contributed by atoms with Crippen LogP contribution in [0.3, 0.4) is 0 Å². The van der Waals surface area contributed by atoms with Crippen molar-refractivity contribution in [3.8, 4) is 5.75 Å². The van der Waals surface area contributed by atoms with E-state index in [2.05, 4.69) is 6.92 Å². The molecule has 0 fully saturated rings. The maximum atomic E-state index is 13.2. The van der Waals surface area contributed by atoms with Gasteiger partial charge in [0.15, 0.2) is 6.10 Å². The van der Waals surface area contributed by atoms with Crippen molar-refractivity contribution in [2.45, 2.75) is 38.7 Å². The van der Waals surface area contributed by atoms with Crippen molar-refractivity contribution in [1.29, 1.82) is 0 Å². The van der Waals surface area contributed by atoms with Crippen LogP contribution in [0, 0.1) is 5.82 Å². The number of primary amides is 1. The van der Waals surface area contributed by atoms with E-state index in [0.29, 0.717) is 6.42 Å². The molecule has 0 spiro atoms. The van der Waals surface area contributed by atoms with Gasteiger partial charge in [-0.15, -0.1) is 0 Å². The molecule has 0 bridgehead atoms. The highest BCUT2D eigenvalue weighted by Crippen LogP contribution is 2.22. The number of rotatable bonds is 7. The van der Waals surface area contributed by atoms with Gasteiger partial charge < -0.3 is 10.5 Å².